The monoisotopic (exact) mass is 776 g/mol. The minimum absolute atomic E-state index is 0. The van der Waals surface area contributed by atoms with Gasteiger partial charge >= 0.3 is 0 Å². The molecule has 0 atom stereocenters. The fourth-order valence-corrected chi connectivity index (χ4v) is 3.44. The van der Waals surface area contributed by atoms with Gasteiger partial charge in [-0.3, -0.25) is 4.98 Å². The number of benzene rings is 2. The number of nitrogens with zero attached hydrogens (tertiary/aromatic N) is 1. The Balaban J connectivity index is -0.000000132. The smallest absolute Gasteiger partial charge is 0.0457 e. The van der Waals surface area contributed by atoms with Gasteiger partial charge in [-0.2, -0.15) is 0 Å². The standard InChI is InChI=1S/C11H11N.C7H8.C5H5N.C5H10.C5H6.3CH3.3Y/c1-8-7-10-5-3-4-6-11(10)12-9(8)2;1-7-5-3-2-4-6-7;1-2-4-6-5-3-1;2*1-2-4-5-3-1;;;;;;/h3-7,12H,2H2,1H3;2-6H,1H3;1-5H;1-5H2;1-4H,5H2;3*1H3;;;/q;;;;;3*-1;;;. The molecule has 2 aliphatic carbocycles. The molecular formula is C36H49N2Y3-3. The second-order valence-electron chi connectivity index (χ2n) is 8.56. The molecule has 1 N–H and O–H groups in total. The summed E-state index contributed by atoms with van der Waals surface area (Å²) in [6.07, 6.45) is 22.6. The Morgan fingerprint density at radius 2 is 1.10 bits per heavy atom. The number of aromatic nitrogens is 1. The van der Waals surface area contributed by atoms with E-state index < -0.39 is 0 Å². The van der Waals surface area contributed by atoms with Crippen molar-refractivity contribution in [2.45, 2.75) is 52.4 Å². The van der Waals surface area contributed by atoms with E-state index in [1.807, 2.05) is 48.5 Å². The minimum Gasteiger partial charge on any atom is -0.358 e. The summed E-state index contributed by atoms with van der Waals surface area (Å²) in [5, 5.41) is 3.25. The number of anilines is 1. The van der Waals surface area contributed by atoms with Crippen molar-refractivity contribution in [3.8, 4) is 0 Å². The van der Waals surface area contributed by atoms with Gasteiger partial charge in [0.2, 0.25) is 0 Å². The maximum atomic E-state index is 3.91. The molecule has 0 spiro atoms. The third-order valence-electron chi connectivity index (χ3n) is 5.51. The molecule has 0 saturated heterocycles. The molecule has 0 bridgehead atoms. The molecule has 6 rings (SSSR count). The van der Waals surface area contributed by atoms with E-state index in [4.69, 9.17) is 0 Å². The van der Waals surface area contributed by atoms with Gasteiger partial charge in [0.25, 0.3) is 0 Å². The second kappa shape index (κ2) is 34.2. The Hall–Kier alpha value is -0.338. The van der Waals surface area contributed by atoms with Crippen LogP contribution in [0.4, 0.5) is 5.69 Å². The van der Waals surface area contributed by atoms with Crippen LogP contribution in [-0.4, -0.2) is 4.98 Å². The molecule has 2 heterocycles. The third-order valence-corrected chi connectivity index (χ3v) is 5.51. The van der Waals surface area contributed by atoms with E-state index in [0.29, 0.717) is 0 Å². The fraction of sp³-hybridized carbons (Fsp3) is 0.222. The van der Waals surface area contributed by atoms with Crippen LogP contribution < -0.4 is 5.32 Å². The molecule has 5 heteroatoms. The Morgan fingerprint density at radius 1 is 0.634 bits per heavy atom. The number of hydrogen-bond donors (Lipinski definition) is 1. The van der Waals surface area contributed by atoms with Crippen LogP contribution in [0.3, 0.4) is 0 Å². The number of para-hydroxylation sites is 1. The van der Waals surface area contributed by atoms with Crippen molar-refractivity contribution in [3.05, 3.63) is 161 Å². The van der Waals surface area contributed by atoms with Gasteiger partial charge in [0.1, 0.15) is 0 Å². The molecule has 3 aromatic rings. The summed E-state index contributed by atoms with van der Waals surface area (Å²) >= 11 is 0. The van der Waals surface area contributed by atoms with E-state index in [1.54, 1.807) is 12.4 Å². The predicted octanol–water partition coefficient (Wildman–Crippen LogP) is 10.9. The van der Waals surface area contributed by atoms with Gasteiger partial charge in [-0.15, -0.1) is 0 Å². The number of allylic oxidation sites excluding steroid dienone is 5. The van der Waals surface area contributed by atoms with Crippen LogP contribution in [-0.2, 0) is 98.1 Å². The first-order valence-corrected chi connectivity index (χ1v) is 12.6. The predicted molar refractivity (Wildman–Crippen MR) is 173 cm³/mol. The molecule has 2 nitrogen and oxygen atoms in total. The summed E-state index contributed by atoms with van der Waals surface area (Å²) in [6, 6.07) is 24.2. The summed E-state index contributed by atoms with van der Waals surface area (Å²) < 4.78 is 0. The molecule has 0 amide bonds. The van der Waals surface area contributed by atoms with Gasteiger partial charge in [0.15, 0.2) is 0 Å². The van der Waals surface area contributed by atoms with E-state index in [1.165, 1.54) is 48.8 Å². The van der Waals surface area contributed by atoms with E-state index >= 15 is 0 Å². The average Bonchev–Trinajstić information content (AvgIpc) is 3.67. The number of hydrogen-bond acceptors (Lipinski definition) is 2. The Kier molecular flexibility index (Phi) is 41.9. The van der Waals surface area contributed by atoms with Crippen molar-refractivity contribution in [1.82, 2.24) is 4.98 Å². The van der Waals surface area contributed by atoms with E-state index in [0.717, 1.165) is 17.8 Å². The van der Waals surface area contributed by atoms with E-state index in [2.05, 4.69) is 85.4 Å². The quantitative estimate of drug-likeness (QED) is 0.230. The molecule has 3 radical (unpaired) electrons. The van der Waals surface area contributed by atoms with Crippen LogP contribution in [0.2, 0.25) is 0 Å². The SMILES string of the molecule is C1=CCC=C1.C1CCCC1.C=C1Nc2ccccc2C=C1C.Cc1ccccc1.[CH3-].[CH3-].[CH3-].[Y].[Y].[Y].c1ccncc1. The Morgan fingerprint density at radius 3 is 1.46 bits per heavy atom. The number of rotatable bonds is 0. The van der Waals surface area contributed by atoms with E-state index in [9.17, 15) is 0 Å². The number of aryl methyl sites for hydroxylation is 1. The molecule has 3 aliphatic rings. The van der Waals surface area contributed by atoms with Crippen molar-refractivity contribution in [2.24, 2.45) is 0 Å². The van der Waals surface area contributed by atoms with Crippen LogP contribution >= 0.6 is 0 Å². The summed E-state index contributed by atoms with van der Waals surface area (Å²) in [5.74, 6) is 0. The van der Waals surface area contributed by atoms with Gasteiger partial charge < -0.3 is 27.6 Å². The zero-order chi connectivity index (χ0) is 25.0. The molecular weight excluding hydrogens is 727 g/mol. The average molecular weight is 777 g/mol. The van der Waals surface area contributed by atoms with Crippen LogP contribution in [0.1, 0.15) is 56.6 Å². The van der Waals surface area contributed by atoms with Crippen LogP contribution in [0.5, 0.6) is 0 Å². The van der Waals surface area contributed by atoms with Gasteiger partial charge in [-0.05, 0) is 55.7 Å². The molecule has 215 valence electrons. The maximum absolute atomic E-state index is 3.91. The van der Waals surface area contributed by atoms with Crippen molar-refractivity contribution in [2.75, 3.05) is 5.32 Å². The first-order valence-electron chi connectivity index (χ1n) is 12.6. The topological polar surface area (TPSA) is 24.9 Å². The van der Waals surface area contributed by atoms with Crippen LogP contribution in [0.25, 0.3) is 6.08 Å². The first-order chi connectivity index (χ1) is 17.2. The van der Waals surface area contributed by atoms with Crippen molar-refractivity contribution >= 4 is 11.8 Å². The number of nitrogens with one attached hydrogen (secondary N) is 1. The molecule has 41 heavy (non-hydrogen) atoms. The van der Waals surface area contributed by atoms with Crippen molar-refractivity contribution in [3.63, 3.8) is 0 Å². The zero-order valence-electron chi connectivity index (χ0n) is 26.1. The molecule has 1 fully saturated rings. The van der Waals surface area contributed by atoms with Crippen LogP contribution in [0.15, 0.2) is 127 Å². The second-order valence-corrected chi connectivity index (χ2v) is 8.56. The Bertz CT molecular complexity index is 1010. The van der Waals surface area contributed by atoms with Crippen molar-refractivity contribution in [1.29, 1.82) is 0 Å². The van der Waals surface area contributed by atoms with Gasteiger partial charge in [0.05, 0.1) is 0 Å². The van der Waals surface area contributed by atoms with Gasteiger partial charge in [0, 0.05) is 122 Å². The number of pyridine rings is 1. The van der Waals surface area contributed by atoms with Gasteiger partial charge in [-0.25, -0.2) is 0 Å². The zero-order valence-corrected chi connectivity index (χ0v) is 34.6. The number of fused-ring (bicyclic) bond motifs is 1. The maximum Gasteiger partial charge on any atom is 0.0457 e. The summed E-state index contributed by atoms with van der Waals surface area (Å²) in [6.45, 7) is 8.06. The van der Waals surface area contributed by atoms with Crippen molar-refractivity contribution < 1.29 is 98.1 Å². The largest absolute Gasteiger partial charge is 0.358 e. The summed E-state index contributed by atoms with van der Waals surface area (Å²) in [7, 11) is 0. The van der Waals surface area contributed by atoms with E-state index in [-0.39, 0.29) is 120 Å². The summed E-state index contributed by atoms with van der Waals surface area (Å²) in [5.41, 5.74) is 5.90. The molecule has 1 aromatic heterocycles. The fourth-order valence-electron chi connectivity index (χ4n) is 3.44. The molecule has 0 unspecified atom stereocenters. The minimum atomic E-state index is 0. The summed E-state index contributed by atoms with van der Waals surface area (Å²) in [4.78, 5) is 3.78. The molecule has 1 saturated carbocycles. The van der Waals surface area contributed by atoms with Gasteiger partial charge in [-0.1, -0.05) is 123 Å². The molecule has 2 aromatic carbocycles. The normalized spacial score (nSPS) is 12.0. The Labute approximate surface area is 329 Å². The first kappa shape index (κ1) is 50.3. The third kappa shape index (κ3) is 25.8. The van der Waals surface area contributed by atoms with Crippen LogP contribution in [0, 0.1) is 29.2 Å². The molecule has 1 aliphatic heterocycles.